The second-order valence-corrected chi connectivity index (χ2v) is 36.2. The van der Waals surface area contributed by atoms with Gasteiger partial charge in [0.2, 0.25) is 0 Å². The fourth-order valence-corrected chi connectivity index (χ4v) is 17.7. The molecule has 0 N–H and O–H groups in total. The van der Waals surface area contributed by atoms with E-state index in [1.807, 2.05) is 226 Å². The van der Waals surface area contributed by atoms with Gasteiger partial charge in [-0.2, -0.15) is 30.6 Å². The van der Waals surface area contributed by atoms with Crippen LogP contribution in [0.4, 0.5) is 23.3 Å². The third-order valence-corrected chi connectivity index (χ3v) is 25.6. The summed E-state index contributed by atoms with van der Waals surface area (Å²) in [5.41, 5.74) is 18.0. The zero-order valence-corrected chi connectivity index (χ0v) is 87.8. The van der Waals surface area contributed by atoms with E-state index in [1.165, 1.54) is 33.4 Å². The highest BCUT2D eigenvalue weighted by Gasteiger charge is 2.27. The molecule has 18 aromatic rings. The second-order valence-electron chi connectivity index (χ2n) is 34.5. The van der Waals surface area contributed by atoms with Crippen molar-refractivity contribution in [2.24, 2.45) is 14.1 Å². The predicted octanol–water partition coefficient (Wildman–Crippen LogP) is 23.0. The van der Waals surface area contributed by atoms with Gasteiger partial charge in [-0.05, 0) is 244 Å². The standard InChI is InChI=1S/2C31H33N5O3.2C27H28BrN3O3/c1-34-22-26(17-32-34)30-18-33-36(21-25-9-15-29(39-4)16-10-25)31(30)35(19-23-5-11-27(37-2)12-6-23)20-24-7-13-28(38-3)14-8-24;1-34-21-26(17-32-34)30-22-36(20-25-9-15-29(39-4)16-10-25)33-31(30)35(18-23-5-11-27(37-2)12-6-23)19-24-7-13-28(38-3)14-8-24;1-32-23-10-4-20(5-11-23)17-30(18-21-6-12-24(33-2)13-7-21)27-26(28)16-29-31(27)19-22-8-14-25(34-3)15-9-22;1-32-23-10-4-20(5-11-23)16-30(17-21-6-12-24(33-2)13-7-21)27-26(28)19-31(29-27)18-22-8-14-25(34-3)15-9-22/h5-18,22H,19-21H2,1-4H3;5-17,21-22H,18-20H2,1-4H3;4-16H,17-19H2,1-3H3;4-15,19H,16-18H2,1-3H3. The van der Waals surface area contributed by atoms with E-state index in [0.717, 1.165) is 157 Å². The number of anilines is 4. The maximum absolute atomic E-state index is 5.39. The molecule has 0 aliphatic carbocycles. The van der Waals surface area contributed by atoms with E-state index in [4.69, 9.17) is 72.1 Å². The molecule has 0 aliphatic rings. The van der Waals surface area contributed by atoms with Crippen molar-refractivity contribution in [1.82, 2.24) is 58.7 Å². The minimum absolute atomic E-state index is 0.612. The first-order chi connectivity index (χ1) is 71.3. The fourth-order valence-electron chi connectivity index (χ4n) is 16.6. The summed E-state index contributed by atoms with van der Waals surface area (Å²) in [6.07, 6.45) is 15.7. The number of benzene rings is 12. The van der Waals surface area contributed by atoms with Gasteiger partial charge in [0.1, 0.15) is 80.6 Å². The summed E-state index contributed by atoms with van der Waals surface area (Å²) in [4.78, 5) is 9.25. The van der Waals surface area contributed by atoms with Crippen LogP contribution in [0.3, 0.4) is 0 Å². The van der Waals surface area contributed by atoms with Crippen molar-refractivity contribution in [2.75, 3.05) is 105 Å². The number of nitrogens with zero attached hydrogens (tertiary/aromatic N) is 16. The third kappa shape index (κ3) is 28.6. The van der Waals surface area contributed by atoms with Gasteiger partial charge < -0.3 is 76.4 Å². The molecule has 0 aliphatic heterocycles. The highest BCUT2D eigenvalue weighted by Crippen LogP contribution is 2.39. The molecule has 6 heterocycles. The summed E-state index contributed by atoms with van der Waals surface area (Å²) < 4.78 is 77.6. The first-order valence-electron chi connectivity index (χ1n) is 47.4. The average Bonchev–Trinajstić information content (AvgIpc) is 1.64. The van der Waals surface area contributed by atoms with Crippen molar-refractivity contribution >= 4 is 55.1 Å². The summed E-state index contributed by atoms with van der Waals surface area (Å²) >= 11 is 7.48. The molecule has 0 amide bonds. The van der Waals surface area contributed by atoms with Gasteiger partial charge in [0.25, 0.3) is 0 Å². The summed E-state index contributed by atoms with van der Waals surface area (Å²) in [7, 11) is 24.0. The SMILES string of the molecule is COc1ccc(CN(Cc2ccc(OC)cc2)c2c(-c3cnn(C)c3)cnn2Cc2ccc(OC)cc2)cc1.COc1ccc(CN(Cc2ccc(OC)cc2)c2c(Br)cnn2Cc2ccc(OC)cc2)cc1.COc1ccc(CN(Cc2ccc(OC)cc2)c2nn(Cc3ccc(OC)cc3)cc2-c2cnn(C)c2)cc1.COc1ccc(CN(Cc2ccc(OC)cc2)c2nn(Cc3ccc(OC)cc3)cc2Br)cc1. The minimum atomic E-state index is 0.612. The fraction of sp³-hybridized carbons (Fsp3) is 0.224. The van der Waals surface area contributed by atoms with Crippen LogP contribution in [-0.2, 0) is 92.6 Å². The number of aromatic nitrogens is 12. The molecule has 0 spiro atoms. The van der Waals surface area contributed by atoms with Crippen LogP contribution >= 0.6 is 31.9 Å². The van der Waals surface area contributed by atoms with E-state index in [1.54, 1.807) is 85.3 Å². The summed E-state index contributed by atoms with van der Waals surface area (Å²) in [6.45, 7) is 8.08. The van der Waals surface area contributed by atoms with Gasteiger partial charge in [-0.15, -0.1) is 0 Å². The van der Waals surface area contributed by atoms with E-state index in [0.29, 0.717) is 78.5 Å². The zero-order chi connectivity index (χ0) is 102. The molecular weight excluding hydrogens is 1970 g/mol. The molecule has 0 atom stereocenters. The number of ether oxygens (including phenoxy) is 12. The van der Waals surface area contributed by atoms with Crippen molar-refractivity contribution in [2.45, 2.75) is 78.5 Å². The molecule has 6 aromatic heterocycles. The Morgan fingerprint density at radius 1 is 0.212 bits per heavy atom. The van der Waals surface area contributed by atoms with Crippen LogP contribution in [0.15, 0.2) is 350 Å². The molecule has 0 radical (unpaired) electrons. The summed E-state index contributed by atoms with van der Waals surface area (Å²) in [6, 6.07) is 97.7. The summed E-state index contributed by atoms with van der Waals surface area (Å²) in [5, 5.41) is 28.4. The Balaban J connectivity index is 0.000000146. The molecule has 28 nitrogen and oxygen atoms in total. The largest absolute Gasteiger partial charge is 0.497 e. The van der Waals surface area contributed by atoms with Crippen molar-refractivity contribution in [3.8, 4) is 91.2 Å². The highest BCUT2D eigenvalue weighted by molar-refractivity contribution is 9.11. The molecule has 18 rings (SSSR count). The van der Waals surface area contributed by atoms with Gasteiger partial charge in [-0.3, -0.25) is 18.7 Å². The first-order valence-corrected chi connectivity index (χ1v) is 49.0. The van der Waals surface area contributed by atoms with E-state index in [2.05, 4.69) is 223 Å². The van der Waals surface area contributed by atoms with E-state index >= 15 is 0 Å². The molecule has 0 saturated carbocycles. The van der Waals surface area contributed by atoms with Crippen molar-refractivity contribution < 1.29 is 56.8 Å². The van der Waals surface area contributed by atoms with Crippen LogP contribution in [0.25, 0.3) is 22.3 Å². The van der Waals surface area contributed by atoms with Gasteiger partial charge in [-0.1, -0.05) is 146 Å². The van der Waals surface area contributed by atoms with Crippen molar-refractivity contribution in [1.29, 1.82) is 0 Å². The smallest absolute Gasteiger partial charge is 0.165 e. The predicted molar refractivity (Wildman–Crippen MR) is 581 cm³/mol. The number of rotatable bonds is 42. The Labute approximate surface area is 870 Å². The second kappa shape index (κ2) is 51.6. The van der Waals surface area contributed by atoms with Gasteiger partial charge in [0.15, 0.2) is 11.6 Å². The van der Waals surface area contributed by atoms with E-state index in [9.17, 15) is 0 Å². The van der Waals surface area contributed by atoms with Gasteiger partial charge in [-0.25, -0.2) is 9.36 Å². The summed E-state index contributed by atoms with van der Waals surface area (Å²) in [5.74, 6) is 13.9. The lowest BCUT2D eigenvalue weighted by Gasteiger charge is -2.27. The average molecular weight is 2090 g/mol. The van der Waals surface area contributed by atoms with Gasteiger partial charge in [0, 0.05) is 113 Å². The zero-order valence-electron chi connectivity index (χ0n) is 84.6. The Kier molecular flexibility index (Phi) is 36.7. The molecule has 30 heteroatoms. The van der Waals surface area contributed by atoms with Crippen LogP contribution < -0.4 is 76.4 Å². The highest BCUT2D eigenvalue weighted by atomic mass is 79.9. The van der Waals surface area contributed by atoms with Gasteiger partial charge >= 0.3 is 0 Å². The van der Waals surface area contributed by atoms with Gasteiger partial charge in [0.05, 0.1) is 145 Å². The number of hydrogen-bond donors (Lipinski definition) is 0. The first kappa shape index (κ1) is 104. The van der Waals surface area contributed by atoms with E-state index < -0.39 is 0 Å². The molecule has 0 fully saturated rings. The molecule has 0 unspecified atom stereocenters. The number of hydrogen-bond acceptors (Lipinski definition) is 22. The quantitative estimate of drug-likeness (QED) is 0.0346. The minimum Gasteiger partial charge on any atom is -0.497 e. The Morgan fingerprint density at radius 3 is 0.699 bits per heavy atom. The lowest BCUT2D eigenvalue weighted by molar-refractivity contribution is 0.414. The van der Waals surface area contributed by atoms with Crippen LogP contribution in [0.1, 0.15) is 66.8 Å². The Morgan fingerprint density at radius 2 is 0.432 bits per heavy atom. The Bertz CT molecular complexity index is 6810. The molecule has 146 heavy (non-hydrogen) atoms. The number of methoxy groups -OCH3 is 12. The molecule has 0 bridgehead atoms. The monoisotopic (exact) mass is 2090 g/mol. The Hall–Kier alpha value is -16.3. The number of halogens is 2. The third-order valence-electron chi connectivity index (χ3n) is 24.5. The maximum Gasteiger partial charge on any atom is 0.165 e. The molecular formula is C116H122Br2N16O12. The molecule has 752 valence electrons. The normalized spacial score (nSPS) is 10.8. The number of aryl methyl sites for hydroxylation is 2. The maximum atomic E-state index is 5.39. The van der Waals surface area contributed by atoms with Crippen LogP contribution in [0.5, 0.6) is 69.0 Å². The molecule has 12 aromatic carbocycles. The molecule has 0 saturated heterocycles. The van der Waals surface area contributed by atoms with Crippen molar-refractivity contribution in [3.05, 3.63) is 416 Å². The van der Waals surface area contributed by atoms with Crippen LogP contribution in [0, 0.1) is 0 Å². The van der Waals surface area contributed by atoms with Crippen LogP contribution in [0.2, 0.25) is 0 Å². The lowest BCUT2D eigenvalue weighted by Crippen LogP contribution is -2.26. The topological polar surface area (TPSA) is 231 Å². The van der Waals surface area contributed by atoms with Crippen LogP contribution in [-0.4, -0.2) is 144 Å². The van der Waals surface area contributed by atoms with Crippen molar-refractivity contribution in [3.63, 3.8) is 0 Å². The van der Waals surface area contributed by atoms with E-state index in [-0.39, 0.29) is 0 Å². The lowest BCUT2D eigenvalue weighted by atomic mass is 10.1.